The predicted octanol–water partition coefficient (Wildman–Crippen LogP) is 5.76. The number of nitrogens with zero attached hydrogens (tertiary/aromatic N) is 4. The van der Waals surface area contributed by atoms with Gasteiger partial charge in [-0.2, -0.15) is 4.98 Å². The van der Waals surface area contributed by atoms with Gasteiger partial charge in [-0.25, -0.2) is 9.78 Å². The van der Waals surface area contributed by atoms with Crippen molar-refractivity contribution >= 4 is 51.9 Å². The third kappa shape index (κ3) is 3.52. The molecule has 1 N–H and O–H groups in total. The quantitative estimate of drug-likeness (QED) is 0.515. The lowest BCUT2D eigenvalue weighted by Crippen LogP contribution is -2.30. The number of fused-ring (bicyclic) bond motifs is 1. The molecule has 1 amide bonds. The average molecular weight is 440 g/mol. The summed E-state index contributed by atoms with van der Waals surface area (Å²) in [5, 5.41) is 11.4. The van der Waals surface area contributed by atoms with Gasteiger partial charge in [0.1, 0.15) is 5.65 Å². The molecule has 4 rings (SSSR count). The Hall–Kier alpha value is -2.02. The molecule has 146 valence electrons. The van der Waals surface area contributed by atoms with Gasteiger partial charge in [-0.3, -0.25) is 0 Å². The van der Waals surface area contributed by atoms with Crippen molar-refractivity contribution < 1.29 is 9.90 Å². The minimum atomic E-state index is -0.891. The predicted molar refractivity (Wildman–Crippen MR) is 110 cm³/mol. The molecular formula is C19H17Cl3N4O2. The van der Waals surface area contributed by atoms with Gasteiger partial charge in [-0.05, 0) is 49.1 Å². The maximum Gasteiger partial charge on any atom is 0.407 e. The smallest absolute Gasteiger partial charge is 0.407 e. The number of aromatic nitrogens is 3. The molecule has 0 spiro atoms. The van der Waals surface area contributed by atoms with Crippen LogP contribution < -0.4 is 0 Å². The third-order valence-corrected chi connectivity index (χ3v) is 5.91. The van der Waals surface area contributed by atoms with Crippen LogP contribution in [0.25, 0.3) is 22.3 Å². The molecular weight excluding hydrogens is 423 g/mol. The Balaban J connectivity index is 1.88. The summed E-state index contributed by atoms with van der Waals surface area (Å²) >= 11 is 19.0. The van der Waals surface area contributed by atoms with Gasteiger partial charge in [-0.15, -0.1) is 0 Å². The zero-order chi connectivity index (χ0) is 19.8. The number of hydrogen-bond acceptors (Lipinski definition) is 3. The zero-order valence-electron chi connectivity index (χ0n) is 14.8. The highest BCUT2D eigenvalue weighted by Gasteiger charge is 2.26. The van der Waals surface area contributed by atoms with Crippen LogP contribution in [0.1, 0.15) is 25.3 Å². The summed E-state index contributed by atoms with van der Waals surface area (Å²) in [6, 6.07) is 7.38. The summed E-state index contributed by atoms with van der Waals surface area (Å²) in [5.41, 5.74) is 2.25. The first-order valence-corrected chi connectivity index (χ1v) is 10.0. The first kappa shape index (κ1) is 19.3. The van der Waals surface area contributed by atoms with Crippen LogP contribution in [-0.4, -0.2) is 43.7 Å². The highest BCUT2D eigenvalue weighted by Crippen LogP contribution is 2.40. The number of hydrogen-bond donors (Lipinski definition) is 1. The lowest BCUT2D eigenvalue weighted by atomic mass is 10.1. The Morgan fingerprint density at radius 2 is 1.89 bits per heavy atom. The fourth-order valence-electron chi connectivity index (χ4n) is 3.82. The van der Waals surface area contributed by atoms with Gasteiger partial charge in [0.15, 0.2) is 0 Å². The molecule has 1 aliphatic heterocycles. The first-order chi connectivity index (χ1) is 13.5. The van der Waals surface area contributed by atoms with Gasteiger partial charge in [-0.1, -0.05) is 29.3 Å². The second kappa shape index (κ2) is 7.78. The minimum absolute atomic E-state index is 0.0372. The molecule has 9 heteroatoms. The molecule has 1 aliphatic rings. The summed E-state index contributed by atoms with van der Waals surface area (Å²) in [7, 11) is 0. The van der Waals surface area contributed by atoms with Gasteiger partial charge in [0.2, 0.25) is 5.28 Å². The largest absolute Gasteiger partial charge is 0.465 e. The zero-order valence-corrected chi connectivity index (χ0v) is 17.0. The van der Waals surface area contributed by atoms with Gasteiger partial charge in [0, 0.05) is 36.3 Å². The molecule has 1 saturated heterocycles. The second-order valence-electron chi connectivity index (χ2n) is 6.77. The Morgan fingerprint density at radius 1 is 1.14 bits per heavy atom. The van der Waals surface area contributed by atoms with Gasteiger partial charge in [0.05, 0.1) is 15.7 Å². The number of halogens is 3. The van der Waals surface area contributed by atoms with E-state index in [1.54, 1.807) is 24.4 Å². The molecule has 0 saturated carbocycles. The number of benzene rings is 1. The van der Waals surface area contributed by atoms with E-state index in [1.165, 1.54) is 4.90 Å². The molecule has 0 bridgehead atoms. The fourth-order valence-corrected chi connectivity index (χ4v) is 4.54. The topological polar surface area (TPSA) is 71.2 Å². The normalized spacial score (nSPS) is 17.7. The Labute approximate surface area is 176 Å². The maximum absolute atomic E-state index is 11.4. The number of amides is 1. The molecule has 3 aromatic rings. The molecule has 1 aromatic carbocycles. The Bertz CT molecular complexity index is 1030. The van der Waals surface area contributed by atoms with Crippen molar-refractivity contribution in [2.45, 2.75) is 25.3 Å². The van der Waals surface area contributed by atoms with Crippen LogP contribution in [0, 0.1) is 0 Å². The van der Waals surface area contributed by atoms with Crippen molar-refractivity contribution in [2.24, 2.45) is 0 Å². The molecule has 1 unspecified atom stereocenters. The number of carboxylic acid groups (broad SMARTS) is 1. The van der Waals surface area contributed by atoms with Crippen LogP contribution >= 0.6 is 34.8 Å². The van der Waals surface area contributed by atoms with Crippen LogP contribution in [0.15, 0.2) is 30.5 Å². The van der Waals surface area contributed by atoms with Crippen molar-refractivity contribution in [2.75, 3.05) is 13.1 Å². The van der Waals surface area contributed by atoms with Crippen molar-refractivity contribution in [1.29, 1.82) is 0 Å². The molecule has 0 aliphatic carbocycles. The lowest BCUT2D eigenvalue weighted by molar-refractivity contribution is 0.146. The van der Waals surface area contributed by atoms with Crippen LogP contribution in [0.4, 0.5) is 4.79 Å². The van der Waals surface area contributed by atoms with Crippen molar-refractivity contribution in [3.63, 3.8) is 0 Å². The maximum atomic E-state index is 11.4. The average Bonchev–Trinajstić information content (AvgIpc) is 2.84. The SMILES string of the molecule is O=C(O)N1CCCC(n2c(-c3c(Cl)cccc3Cl)cc3cnc(Cl)nc32)CC1. The van der Waals surface area contributed by atoms with E-state index in [0.29, 0.717) is 35.2 Å². The van der Waals surface area contributed by atoms with Crippen LogP contribution in [0.3, 0.4) is 0 Å². The molecule has 1 fully saturated rings. The summed E-state index contributed by atoms with van der Waals surface area (Å²) in [5.74, 6) is 0. The van der Waals surface area contributed by atoms with E-state index in [2.05, 4.69) is 14.5 Å². The molecule has 0 radical (unpaired) electrons. The monoisotopic (exact) mass is 438 g/mol. The number of rotatable bonds is 2. The van der Waals surface area contributed by atoms with Crippen LogP contribution in [0.2, 0.25) is 15.3 Å². The summed E-state index contributed by atoms with van der Waals surface area (Å²) < 4.78 is 2.08. The van der Waals surface area contributed by atoms with E-state index in [4.69, 9.17) is 34.8 Å². The second-order valence-corrected chi connectivity index (χ2v) is 7.92. The van der Waals surface area contributed by atoms with E-state index in [1.807, 2.05) is 6.07 Å². The Morgan fingerprint density at radius 3 is 2.61 bits per heavy atom. The van der Waals surface area contributed by atoms with Crippen molar-refractivity contribution in [1.82, 2.24) is 19.4 Å². The summed E-state index contributed by atoms with van der Waals surface area (Å²) in [6.45, 7) is 0.969. The fraction of sp³-hybridized carbons (Fsp3) is 0.316. The van der Waals surface area contributed by atoms with E-state index < -0.39 is 6.09 Å². The first-order valence-electron chi connectivity index (χ1n) is 8.91. The van der Waals surface area contributed by atoms with E-state index in [-0.39, 0.29) is 11.3 Å². The number of likely N-dealkylation sites (tertiary alicyclic amines) is 1. The Kier molecular flexibility index (Phi) is 5.36. The molecule has 1 atom stereocenters. The molecule has 2 aromatic heterocycles. The van der Waals surface area contributed by atoms with E-state index >= 15 is 0 Å². The lowest BCUT2D eigenvalue weighted by Gasteiger charge is -2.22. The van der Waals surface area contributed by atoms with Gasteiger partial charge < -0.3 is 14.6 Å². The van der Waals surface area contributed by atoms with Gasteiger partial charge >= 0.3 is 6.09 Å². The third-order valence-electron chi connectivity index (χ3n) is 5.10. The number of carbonyl (C=O) groups is 1. The standard InChI is InChI=1S/C19H17Cl3N4O2/c20-13-4-1-5-14(21)16(13)15-9-11-10-23-18(22)24-17(11)26(15)12-3-2-7-25(8-6-12)19(27)28/h1,4-5,9-10,12H,2-3,6-8H2,(H,27,28). The van der Waals surface area contributed by atoms with Gasteiger partial charge in [0.25, 0.3) is 0 Å². The summed E-state index contributed by atoms with van der Waals surface area (Å²) in [6.07, 6.45) is 3.01. The van der Waals surface area contributed by atoms with Crippen LogP contribution in [-0.2, 0) is 0 Å². The van der Waals surface area contributed by atoms with Crippen LogP contribution in [0.5, 0.6) is 0 Å². The van der Waals surface area contributed by atoms with Crippen molar-refractivity contribution in [3.05, 3.63) is 45.8 Å². The minimum Gasteiger partial charge on any atom is -0.465 e. The molecule has 28 heavy (non-hydrogen) atoms. The van der Waals surface area contributed by atoms with E-state index in [9.17, 15) is 9.90 Å². The highest BCUT2D eigenvalue weighted by molar-refractivity contribution is 6.39. The van der Waals surface area contributed by atoms with E-state index in [0.717, 1.165) is 29.5 Å². The van der Waals surface area contributed by atoms with Crippen molar-refractivity contribution in [3.8, 4) is 11.3 Å². The summed E-state index contributed by atoms with van der Waals surface area (Å²) in [4.78, 5) is 21.4. The highest BCUT2D eigenvalue weighted by atomic mass is 35.5. The molecule has 3 heterocycles. The molecule has 6 nitrogen and oxygen atoms in total.